The second-order valence-corrected chi connectivity index (χ2v) is 9.09. The second kappa shape index (κ2) is 8.03. The number of hydrogen-bond donors (Lipinski definition) is 1. The molecule has 0 spiro atoms. The third-order valence-corrected chi connectivity index (χ3v) is 5.64. The van der Waals surface area contributed by atoms with E-state index < -0.39 is 0 Å². The molecular formula is C22H33N5O. The molecule has 28 heavy (non-hydrogen) atoms. The van der Waals surface area contributed by atoms with Crippen LogP contribution in [-0.4, -0.2) is 50.7 Å². The van der Waals surface area contributed by atoms with Crippen molar-refractivity contribution in [1.29, 1.82) is 0 Å². The highest BCUT2D eigenvalue weighted by molar-refractivity contribution is 5.94. The van der Waals surface area contributed by atoms with Crippen molar-refractivity contribution in [1.82, 2.24) is 25.0 Å². The van der Waals surface area contributed by atoms with Crippen LogP contribution in [0.2, 0.25) is 0 Å². The van der Waals surface area contributed by atoms with Crippen LogP contribution < -0.4 is 5.32 Å². The summed E-state index contributed by atoms with van der Waals surface area (Å²) >= 11 is 0. The van der Waals surface area contributed by atoms with Gasteiger partial charge in [0.25, 0.3) is 5.91 Å². The molecule has 2 unspecified atom stereocenters. The van der Waals surface area contributed by atoms with Crippen molar-refractivity contribution in [3.05, 3.63) is 41.3 Å². The van der Waals surface area contributed by atoms with Gasteiger partial charge in [-0.1, -0.05) is 13.8 Å². The molecule has 2 atom stereocenters. The van der Waals surface area contributed by atoms with Gasteiger partial charge in [0.1, 0.15) is 0 Å². The van der Waals surface area contributed by atoms with Gasteiger partial charge in [-0.15, -0.1) is 0 Å². The molecule has 0 aromatic carbocycles. The summed E-state index contributed by atoms with van der Waals surface area (Å²) in [4.78, 5) is 19.6. The average molecular weight is 384 g/mol. The number of aromatic nitrogens is 3. The van der Waals surface area contributed by atoms with E-state index in [9.17, 15) is 4.79 Å². The van der Waals surface area contributed by atoms with Crippen molar-refractivity contribution in [3.63, 3.8) is 0 Å². The van der Waals surface area contributed by atoms with E-state index in [1.54, 1.807) is 10.9 Å². The third kappa shape index (κ3) is 4.61. The lowest BCUT2D eigenvalue weighted by Crippen LogP contribution is -2.56. The summed E-state index contributed by atoms with van der Waals surface area (Å²) in [5.74, 6) is 2.03. The van der Waals surface area contributed by atoms with Gasteiger partial charge in [-0.25, -0.2) is 9.67 Å². The zero-order valence-electron chi connectivity index (χ0n) is 18.0. The standard InChI is InChI=1S/C22H33N5O/c1-15-9-16(2)13-26(12-15)22(5,6)14-24-21(28)19-7-8-20(23-11-19)27-18(4)10-17(3)25-27/h7-8,10-11,15-16H,9,12-14H2,1-6H3,(H,24,28). The fourth-order valence-electron chi connectivity index (χ4n) is 4.17. The lowest BCUT2D eigenvalue weighted by Gasteiger charge is -2.45. The minimum atomic E-state index is -0.0846. The minimum absolute atomic E-state index is 0.0737. The molecule has 6 heteroatoms. The van der Waals surface area contributed by atoms with Gasteiger partial charge in [0.05, 0.1) is 11.3 Å². The smallest absolute Gasteiger partial charge is 0.252 e. The number of likely N-dealkylation sites (tertiary alicyclic amines) is 1. The molecule has 2 aromatic heterocycles. The highest BCUT2D eigenvalue weighted by atomic mass is 16.1. The summed E-state index contributed by atoms with van der Waals surface area (Å²) in [6.45, 7) is 15.8. The van der Waals surface area contributed by atoms with Crippen LogP contribution in [0.25, 0.3) is 5.82 Å². The highest BCUT2D eigenvalue weighted by Gasteiger charge is 2.33. The zero-order valence-corrected chi connectivity index (χ0v) is 18.0. The van der Waals surface area contributed by atoms with Crippen LogP contribution in [0.1, 0.15) is 55.9 Å². The number of rotatable bonds is 5. The molecule has 1 amide bonds. The van der Waals surface area contributed by atoms with E-state index >= 15 is 0 Å². The molecule has 1 aliphatic rings. The monoisotopic (exact) mass is 383 g/mol. The zero-order chi connectivity index (χ0) is 20.5. The van der Waals surface area contributed by atoms with Gasteiger partial charge in [0.15, 0.2) is 5.82 Å². The maximum atomic E-state index is 12.6. The van der Waals surface area contributed by atoms with Gasteiger partial charge in [0.2, 0.25) is 0 Å². The molecule has 0 radical (unpaired) electrons. The Morgan fingerprint density at radius 1 is 1.21 bits per heavy atom. The van der Waals surface area contributed by atoms with Crippen LogP contribution >= 0.6 is 0 Å². The molecule has 3 heterocycles. The SMILES string of the molecule is Cc1cc(C)n(-c2ccc(C(=O)NCC(C)(C)N3CC(C)CC(C)C3)cn2)n1. The van der Waals surface area contributed by atoms with Crippen molar-refractivity contribution < 1.29 is 4.79 Å². The molecule has 0 saturated carbocycles. The number of hydrogen-bond acceptors (Lipinski definition) is 4. The highest BCUT2D eigenvalue weighted by Crippen LogP contribution is 2.26. The van der Waals surface area contributed by atoms with Gasteiger partial charge in [-0.3, -0.25) is 9.69 Å². The van der Waals surface area contributed by atoms with E-state index in [-0.39, 0.29) is 11.4 Å². The van der Waals surface area contributed by atoms with Crippen molar-refractivity contribution in [3.8, 4) is 5.82 Å². The number of amides is 1. The first-order valence-corrected chi connectivity index (χ1v) is 10.2. The Bertz CT molecular complexity index is 814. The molecule has 1 saturated heterocycles. The predicted molar refractivity (Wildman–Crippen MR) is 112 cm³/mol. The van der Waals surface area contributed by atoms with E-state index in [2.05, 4.69) is 48.0 Å². The summed E-state index contributed by atoms with van der Waals surface area (Å²) in [6, 6.07) is 5.66. The molecule has 152 valence electrons. The van der Waals surface area contributed by atoms with Gasteiger partial charge < -0.3 is 5.32 Å². The average Bonchev–Trinajstić information content (AvgIpc) is 2.97. The summed E-state index contributed by atoms with van der Waals surface area (Å²) < 4.78 is 1.79. The van der Waals surface area contributed by atoms with Crippen LogP contribution in [0.5, 0.6) is 0 Å². The number of carbonyl (C=O) groups excluding carboxylic acids is 1. The Hall–Kier alpha value is -2.21. The molecule has 0 bridgehead atoms. The molecule has 3 rings (SSSR count). The van der Waals surface area contributed by atoms with Crippen molar-refractivity contribution in [2.45, 2.75) is 53.5 Å². The minimum Gasteiger partial charge on any atom is -0.350 e. The van der Waals surface area contributed by atoms with Crippen LogP contribution in [0.3, 0.4) is 0 Å². The van der Waals surface area contributed by atoms with Crippen LogP contribution in [-0.2, 0) is 0 Å². The van der Waals surface area contributed by atoms with Crippen LogP contribution in [0.15, 0.2) is 24.4 Å². The first-order valence-electron chi connectivity index (χ1n) is 10.2. The lowest BCUT2D eigenvalue weighted by atomic mass is 9.88. The third-order valence-electron chi connectivity index (χ3n) is 5.64. The number of piperidine rings is 1. The first kappa shape index (κ1) is 20.5. The number of carbonyl (C=O) groups is 1. The fraction of sp³-hybridized carbons (Fsp3) is 0.591. The molecular weight excluding hydrogens is 350 g/mol. The predicted octanol–water partition coefficient (Wildman–Crippen LogP) is 3.37. The summed E-state index contributed by atoms with van der Waals surface area (Å²) in [6.07, 6.45) is 2.91. The molecule has 1 aliphatic heterocycles. The van der Waals surface area contributed by atoms with Gasteiger partial charge in [-0.2, -0.15) is 5.10 Å². The maximum absolute atomic E-state index is 12.6. The Balaban J connectivity index is 1.62. The second-order valence-electron chi connectivity index (χ2n) is 9.09. The van der Waals surface area contributed by atoms with E-state index in [0.29, 0.717) is 23.9 Å². The number of aryl methyl sites for hydroxylation is 2. The van der Waals surface area contributed by atoms with E-state index in [1.807, 2.05) is 32.0 Å². The molecule has 6 nitrogen and oxygen atoms in total. The summed E-state index contributed by atoms with van der Waals surface area (Å²) in [5.41, 5.74) is 2.47. The van der Waals surface area contributed by atoms with Crippen LogP contribution in [0, 0.1) is 25.7 Å². The van der Waals surface area contributed by atoms with Crippen molar-refractivity contribution >= 4 is 5.91 Å². The largest absolute Gasteiger partial charge is 0.350 e. The van der Waals surface area contributed by atoms with Gasteiger partial charge in [0, 0.05) is 37.1 Å². The molecule has 1 N–H and O–H groups in total. The van der Waals surface area contributed by atoms with Gasteiger partial charge >= 0.3 is 0 Å². The normalized spacial score (nSPS) is 20.9. The van der Waals surface area contributed by atoms with E-state index in [4.69, 9.17) is 0 Å². The Morgan fingerprint density at radius 3 is 2.43 bits per heavy atom. The number of nitrogens with one attached hydrogen (secondary N) is 1. The van der Waals surface area contributed by atoms with Crippen molar-refractivity contribution in [2.75, 3.05) is 19.6 Å². The van der Waals surface area contributed by atoms with Gasteiger partial charge in [-0.05, 0) is 64.2 Å². The Labute approximate surface area is 168 Å². The molecule has 0 aliphatic carbocycles. The molecule has 2 aromatic rings. The number of pyridine rings is 1. The first-order chi connectivity index (χ1) is 13.2. The molecule has 1 fully saturated rings. The summed E-state index contributed by atoms with van der Waals surface area (Å²) in [7, 11) is 0. The topological polar surface area (TPSA) is 63.1 Å². The number of nitrogens with zero attached hydrogens (tertiary/aromatic N) is 4. The maximum Gasteiger partial charge on any atom is 0.252 e. The van der Waals surface area contributed by atoms with Crippen LogP contribution in [0.4, 0.5) is 0 Å². The fourth-order valence-corrected chi connectivity index (χ4v) is 4.17. The Kier molecular flexibility index (Phi) is 5.89. The van der Waals surface area contributed by atoms with Crippen molar-refractivity contribution in [2.24, 2.45) is 11.8 Å². The quantitative estimate of drug-likeness (QED) is 0.860. The Morgan fingerprint density at radius 2 is 1.89 bits per heavy atom. The van der Waals surface area contributed by atoms with E-state index in [0.717, 1.165) is 30.3 Å². The lowest BCUT2D eigenvalue weighted by molar-refractivity contribution is 0.0445. The van der Waals surface area contributed by atoms with E-state index in [1.165, 1.54) is 6.42 Å². The summed E-state index contributed by atoms with van der Waals surface area (Å²) in [5, 5.41) is 7.53.